The van der Waals surface area contributed by atoms with Crippen LogP contribution in [0.25, 0.3) is 20.8 Å². The maximum Gasteiger partial charge on any atom is 0.309 e. The number of carboxylic acid groups (broad SMARTS) is 1. The van der Waals surface area contributed by atoms with E-state index in [9.17, 15) is 14.0 Å². The van der Waals surface area contributed by atoms with Crippen LogP contribution in [0.15, 0.2) is 36.4 Å². The van der Waals surface area contributed by atoms with Gasteiger partial charge in [-0.05, 0) is 48.7 Å². The van der Waals surface area contributed by atoms with Crippen molar-refractivity contribution in [2.45, 2.75) is 32.2 Å². The Kier molecular flexibility index (Phi) is 6.12. The van der Waals surface area contributed by atoms with Crippen LogP contribution >= 0.6 is 11.3 Å². The van der Waals surface area contributed by atoms with Crippen LogP contribution in [0.1, 0.15) is 41.6 Å². The zero-order chi connectivity index (χ0) is 22.9. The predicted octanol–water partition coefficient (Wildman–Crippen LogP) is 4.64. The molecule has 0 unspecified atom stereocenters. The standard InChI is InChI=1S/C25H26FN3O3S/c26-20-11-16(13-28-14-18(15-28)25(31)32)5-7-19(20)23-27-21-8-6-17(12-22(21)33-23)24(30)29-9-3-1-2-4-10-29/h5-8,11-12,18H,1-4,9-10,13-15H2,(H,31,32). The number of rotatable bonds is 5. The second kappa shape index (κ2) is 9.19. The highest BCUT2D eigenvalue weighted by molar-refractivity contribution is 7.21. The van der Waals surface area contributed by atoms with Crippen molar-refractivity contribution in [2.24, 2.45) is 5.92 Å². The summed E-state index contributed by atoms with van der Waals surface area (Å²) < 4.78 is 15.8. The van der Waals surface area contributed by atoms with Gasteiger partial charge in [-0.2, -0.15) is 0 Å². The van der Waals surface area contributed by atoms with Crippen LogP contribution in [-0.2, 0) is 11.3 Å². The highest BCUT2D eigenvalue weighted by Crippen LogP contribution is 2.33. The van der Waals surface area contributed by atoms with Gasteiger partial charge in [-0.25, -0.2) is 9.37 Å². The topological polar surface area (TPSA) is 73.7 Å². The Bertz CT molecular complexity index is 1200. The summed E-state index contributed by atoms with van der Waals surface area (Å²) in [4.78, 5) is 32.4. The molecule has 3 aromatic rings. The Balaban J connectivity index is 1.32. The molecule has 0 radical (unpaired) electrons. The number of nitrogens with zero attached hydrogens (tertiary/aromatic N) is 3. The molecule has 0 spiro atoms. The fourth-order valence-electron chi connectivity index (χ4n) is 4.57. The monoisotopic (exact) mass is 467 g/mol. The zero-order valence-corrected chi connectivity index (χ0v) is 19.1. The fourth-order valence-corrected chi connectivity index (χ4v) is 5.60. The average molecular weight is 468 g/mol. The molecule has 2 saturated heterocycles. The summed E-state index contributed by atoms with van der Waals surface area (Å²) in [5.41, 5.74) is 2.66. The predicted molar refractivity (Wildman–Crippen MR) is 126 cm³/mol. The van der Waals surface area contributed by atoms with Gasteiger partial charge in [0.2, 0.25) is 0 Å². The smallest absolute Gasteiger partial charge is 0.309 e. The second-order valence-electron chi connectivity index (χ2n) is 8.95. The highest BCUT2D eigenvalue weighted by atomic mass is 32.1. The van der Waals surface area contributed by atoms with Gasteiger partial charge in [0.1, 0.15) is 10.8 Å². The number of thiazole rings is 1. The molecular weight excluding hydrogens is 441 g/mol. The van der Waals surface area contributed by atoms with Gasteiger partial charge in [-0.1, -0.05) is 18.9 Å². The van der Waals surface area contributed by atoms with E-state index < -0.39 is 5.97 Å². The van der Waals surface area contributed by atoms with Crippen LogP contribution in [-0.4, -0.2) is 57.9 Å². The summed E-state index contributed by atoms with van der Waals surface area (Å²) in [6.45, 7) is 3.13. The van der Waals surface area contributed by atoms with Crippen molar-refractivity contribution in [3.63, 3.8) is 0 Å². The van der Waals surface area contributed by atoms with Gasteiger partial charge in [0, 0.05) is 43.9 Å². The number of carbonyl (C=O) groups excluding carboxylic acids is 1. The molecule has 33 heavy (non-hydrogen) atoms. The SMILES string of the molecule is O=C(O)C1CN(Cc2ccc(-c3nc4ccc(C(=O)N5CCCCCC5)cc4s3)c(F)c2)C1. The van der Waals surface area contributed by atoms with Crippen molar-refractivity contribution in [1.82, 2.24) is 14.8 Å². The lowest BCUT2D eigenvalue weighted by atomic mass is 9.99. The number of benzene rings is 2. The Hall–Kier alpha value is -2.84. The summed E-state index contributed by atoms with van der Waals surface area (Å²) in [6.07, 6.45) is 4.44. The van der Waals surface area contributed by atoms with E-state index in [1.54, 1.807) is 6.07 Å². The lowest BCUT2D eigenvalue weighted by Gasteiger charge is -2.36. The Morgan fingerprint density at radius 1 is 1.06 bits per heavy atom. The summed E-state index contributed by atoms with van der Waals surface area (Å²) in [6, 6.07) is 10.6. The Morgan fingerprint density at radius 2 is 1.82 bits per heavy atom. The van der Waals surface area contributed by atoms with E-state index in [0.717, 1.165) is 41.7 Å². The van der Waals surface area contributed by atoms with E-state index in [1.165, 1.54) is 30.2 Å². The third-order valence-electron chi connectivity index (χ3n) is 6.51. The van der Waals surface area contributed by atoms with E-state index in [0.29, 0.717) is 35.8 Å². The third-order valence-corrected chi connectivity index (χ3v) is 7.56. The summed E-state index contributed by atoms with van der Waals surface area (Å²) in [5, 5.41) is 9.58. The van der Waals surface area contributed by atoms with Crippen LogP contribution in [0, 0.1) is 11.7 Å². The van der Waals surface area contributed by atoms with Gasteiger partial charge in [-0.3, -0.25) is 14.5 Å². The number of aliphatic carboxylic acids is 1. The van der Waals surface area contributed by atoms with Gasteiger partial charge >= 0.3 is 5.97 Å². The lowest BCUT2D eigenvalue weighted by Crippen LogP contribution is -2.49. The van der Waals surface area contributed by atoms with Gasteiger partial charge in [0.05, 0.1) is 16.1 Å². The van der Waals surface area contributed by atoms with Crippen molar-refractivity contribution < 1.29 is 19.1 Å². The normalized spacial score (nSPS) is 17.7. The zero-order valence-electron chi connectivity index (χ0n) is 18.3. The molecule has 2 aromatic carbocycles. The van der Waals surface area contributed by atoms with Crippen LogP contribution in [0.5, 0.6) is 0 Å². The molecule has 2 aliphatic heterocycles. The van der Waals surface area contributed by atoms with Crippen molar-refractivity contribution in [1.29, 1.82) is 0 Å². The number of likely N-dealkylation sites (tertiary alicyclic amines) is 2. The fraction of sp³-hybridized carbons (Fsp3) is 0.400. The maximum absolute atomic E-state index is 14.9. The lowest BCUT2D eigenvalue weighted by molar-refractivity contribution is -0.147. The molecule has 0 aliphatic carbocycles. The first-order valence-corrected chi connectivity index (χ1v) is 12.2. The van der Waals surface area contributed by atoms with Crippen LogP contribution in [0.3, 0.4) is 0 Å². The first-order chi connectivity index (χ1) is 16.0. The van der Waals surface area contributed by atoms with E-state index >= 15 is 0 Å². The molecule has 172 valence electrons. The van der Waals surface area contributed by atoms with Gasteiger partial charge < -0.3 is 10.0 Å². The number of hydrogen-bond acceptors (Lipinski definition) is 5. The Morgan fingerprint density at radius 3 is 2.52 bits per heavy atom. The highest BCUT2D eigenvalue weighted by Gasteiger charge is 2.32. The second-order valence-corrected chi connectivity index (χ2v) is 9.98. The van der Waals surface area contributed by atoms with Crippen LogP contribution < -0.4 is 0 Å². The molecule has 0 bridgehead atoms. The van der Waals surface area contributed by atoms with Crippen molar-refractivity contribution in [2.75, 3.05) is 26.2 Å². The molecule has 3 heterocycles. The molecule has 1 amide bonds. The van der Waals surface area contributed by atoms with Gasteiger partial charge in [-0.15, -0.1) is 11.3 Å². The average Bonchev–Trinajstić information content (AvgIpc) is 2.99. The third kappa shape index (κ3) is 4.63. The van der Waals surface area contributed by atoms with Crippen molar-refractivity contribution >= 4 is 33.4 Å². The number of hydrogen-bond donors (Lipinski definition) is 1. The molecule has 0 atom stereocenters. The number of halogens is 1. The molecule has 2 fully saturated rings. The maximum atomic E-state index is 14.9. The van der Waals surface area contributed by atoms with E-state index in [-0.39, 0.29) is 17.6 Å². The minimum absolute atomic E-state index is 0.0559. The largest absolute Gasteiger partial charge is 0.481 e. The van der Waals surface area contributed by atoms with Gasteiger partial charge in [0.15, 0.2) is 0 Å². The summed E-state index contributed by atoms with van der Waals surface area (Å²) in [5.74, 6) is -1.39. The minimum atomic E-state index is -0.778. The minimum Gasteiger partial charge on any atom is -0.481 e. The molecule has 2 aliphatic rings. The van der Waals surface area contributed by atoms with E-state index in [1.807, 2.05) is 34.1 Å². The molecule has 1 aromatic heterocycles. The van der Waals surface area contributed by atoms with Crippen LogP contribution in [0.4, 0.5) is 4.39 Å². The first-order valence-electron chi connectivity index (χ1n) is 11.4. The van der Waals surface area contributed by atoms with E-state index in [2.05, 4.69) is 4.98 Å². The summed E-state index contributed by atoms with van der Waals surface area (Å²) in [7, 11) is 0. The van der Waals surface area contributed by atoms with E-state index in [4.69, 9.17) is 5.11 Å². The Labute approximate surface area is 195 Å². The number of aromatic nitrogens is 1. The first kappa shape index (κ1) is 22.0. The molecule has 0 saturated carbocycles. The molecule has 6 nitrogen and oxygen atoms in total. The molecule has 5 rings (SSSR count). The van der Waals surface area contributed by atoms with Crippen molar-refractivity contribution in [3.05, 3.63) is 53.3 Å². The van der Waals surface area contributed by atoms with Crippen molar-refractivity contribution in [3.8, 4) is 10.6 Å². The number of carbonyl (C=O) groups is 2. The molecule has 8 heteroatoms. The number of carboxylic acids is 1. The van der Waals surface area contributed by atoms with Gasteiger partial charge in [0.25, 0.3) is 5.91 Å². The number of amides is 1. The summed E-state index contributed by atoms with van der Waals surface area (Å²) >= 11 is 1.39. The molecule has 1 N–H and O–H groups in total. The number of fused-ring (bicyclic) bond motifs is 1. The van der Waals surface area contributed by atoms with Crippen LogP contribution in [0.2, 0.25) is 0 Å². The molecular formula is C25H26FN3O3S. The quantitative estimate of drug-likeness (QED) is 0.592.